The molecule has 0 aliphatic carbocycles. The molecule has 1 heterocycles. The molecule has 0 aliphatic rings. The summed E-state index contributed by atoms with van der Waals surface area (Å²) in [7, 11) is 1.54. The van der Waals surface area contributed by atoms with E-state index in [1.165, 1.54) is 6.20 Å². The molecule has 1 aromatic heterocycles. The van der Waals surface area contributed by atoms with Crippen LogP contribution in [0.4, 0.5) is 0 Å². The summed E-state index contributed by atoms with van der Waals surface area (Å²) in [5, 5.41) is 2.85. The molecule has 22 heavy (non-hydrogen) atoms. The van der Waals surface area contributed by atoms with Crippen molar-refractivity contribution in [3.05, 3.63) is 30.0 Å². The summed E-state index contributed by atoms with van der Waals surface area (Å²) < 4.78 is 9.77. The number of hydrogen-bond acceptors (Lipinski definition) is 5. The molecule has 2 aromatic rings. The van der Waals surface area contributed by atoms with Gasteiger partial charge in [0, 0.05) is 23.2 Å². The van der Waals surface area contributed by atoms with E-state index in [2.05, 4.69) is 15.0 Å². The molecule has 1 amide bonds. The first-order valence-corrected chi connectivity index (χ1v) is 6.70. The van der Waals surface area contributed by atoms with E-state index in [1.54, 1.807) is 32.2 Å². The first-order valence-electron chi connectivity index (χ1n) is 6.70. The molecule has 2 rings (SSSR count). The SMILES string of the molecule is CCOC(=O)CNC(=O)C(=O)c1c[nH]c2cc(OC)ccc12. The van der Waals surface area contributed by atoms with E-state index >= 15 is 0 Å². The quantitative estimate of drug-likeness (QED) is 0.472. The third-order valence-electron chi connectivity index (χ3n) is 3.04. The van der Waals surface area contributed by atoms with Crippen molar-refractivity contribution in [2.45, 2.75) is 6.92 Å². The molecule has 7 nitrogen and oxygen atoms in total. The van der Waals surface area contributed by atoms with Gasteiger partial charge in [-0.05, 0) is 19.1 Å². The van der Waals surface area contributed by atoms with Gasteiger partial charge in [-0.1, -0.05) is 0 Å². The maximum absolute atomic E-state index is 12.1. The topological polar surface area (TPSA) is 97.5 Å². The lowest BCUT2D eigenvalue weighted by Crippen LogP contribution is -2.35. The zero-order chi connectivity index (χ0) is 16.1. The van der Waals surface area contributed by atoms with Crippen LogP contribution >= 0.6 is 0 Å². The predicted octanol–water partition coefficient (Wildman–Crippen LogP) is 1.04. The Morgan fingerprint density at radius 1 is 1.27 bits per heavy atom. The third-order valence-corrected chi connectivity index (χ3v) is 3.04. The molecule has 0 saturated carbocycles. The summed E-state index contributed by atoms with van der Waals surface area (Å²) in [6.07, 6.45) is 1.45. The number of H-pyrrole nitrogens is 1. The van der Waals surface area contributed by atoms with Crippen molar-refractivity contribution in [1.82, 2.24) is 10.3 Å². The lowest BCUT2D eigenvalue weighted by Gasteiger charge is -2.04. The van der Waals surface area contributed by atoms with Gasteiger partial charge in [-0.2, -0.15) is 0 Å². The van der Waals surface area contributed by atoms with E-state index in [-0.39, 0.29) is 18.7 Å². The van der Waals surface area contributed by atoms with E-state index < -0.39 is 17.7 Å². The molecule has 0 radical (unpaired) electrons. The second-order valence-corrected chi connectivity index (χ2v) is 4.43. The van der Waals surface area contributed by atoms with Crippen LogP contribution in [0.15, 0.2) is 24.4 Å². The fourth-order valence-electron chi connectivity index (χ4n) is 1.99. The first kappa shape index (κ1) is 15.6. The largest absolute Gasteiger partial charge is 0.497 e. The molecule has 7 heteroatoms. The summed E-state index contributed by atoms with van der Waals surface area (Å²) in [6, 6.07) is 5.11. The van der Waals surface area contributed by atoms with Gasteiger partial charge in [-0.15, -0.1) is 0 Å². The fraction of sp³-hybridized carbons (Fsp3) is 0.267. The highest BCUT2D eigenvalue weighted by Crippen LogP contribution is 2.23. The maximum Gasteiger partial charge on any atom is 0.325 e. The Labute approximate surface area is 126 Å². The number of ketones is 1. The van der Waals surface area contributed by atoms with E-state index in [9.17, 15) is 14.4 Å². The zero-order valence-corrected chi connectivity index (χ0v) is 12.3. The summed E-state index contributed by atoms with van der Waals surface area (Å²) in [5.74, 6) is -1.53. The van der Waals surface area contributed by atoms with Crippen molar-refractivity contribution in [3.63, 3.8) is 0 Å². The number of rotatable bonds is 6. The van der Waals surface area contributed by atoms with Crippen LogP contribution in [0.1, 0.15) is 17.3 Å². The number of ether oxygens (including phenoxy) is 2. The summed E-state index contributed by atoms with van der Waals surface area (Å²) in [6.45, 7) is 1.53. The summed E-state index contributed by atoms with van der Waals surface area (Å²) >= 11 is 0. The van der Waals surface area contributed by atoms with Gasteiger partial charge in [0.25, 0.3) is 11.7 Å². The number of carbonyl (C=O) groups excluding carboxylic acids is 3. The standard InChI is InChI=1S/C15H16N2O5/c1-3-22-13(18)8-17-15(20)14(19)11-7-16-12-6-9(21-2)4-5-10(11)12/h4-7,16H,3,8H2,1-2H3,(H,17,20). The number of esters is 1. The Balaban J connectivity index is 2.12. The molecule has 116 valence electrons. The van der Waals surface area contributed by atoms with E-state index in [0.717, 1.165) is 0 Å². The van der Waals surface area contributed by atoms with Crippen molar-refractivity contribution in [3.8, 4) is 5.75 Å². The van der Waals surface area contributed by atoms with Crippen LogP contribution in [0.5, 0.6) is 5.75 Å². The molecule has 1 aromatic carbocycles. The Morgan fingerprint density at radius 2 is 2.05 bits per heavy atom. The Kier molecular flexibility index (Phi) is 4.77. The lowest BCUT2D eigenvalue weighted by molar-refractivity contribution is -0.143. The minimum Gasteiger partial charge on any atom is -0.497 e. The number of hydrogen-bond donors (Lipinski definition) is 2. The van der Waals surface area contributed by atoms with Gasteiger partial charge in [-0.25, -0.2) is 0 Å². The average molecular weight is 304 g/mol. The predicted molar refractivity (Wildman–Crippen MR) is 78.8 cm³/mol. The van der Waals surface area contributed by atoms with Crippen LogP contribution in [0.25, 0.3) is 10.9 Å². The molecule has 0 bridgehead atoms. The number of fused-ring (bicyclic) bond motifs is 1. The molecular weight excluding hydrogens is 288 g/mol. The number of Topliss-reactive ketones (excluding diaryl/α,β-unsaturated/α-hetero) is 1. The number of benzene rings is 1. The van der Waals surface area contributed by atoms with Gasteiger partial charge in [0.2, 0.25) is 0 Å². The van der Waals surface area contributed by atoms with Crippen molar-refractivity contribution in [2.75, 3.05) is 20.3 Å². The minimum atomic E-state index is -0.857. The Bertz CT molecular complexity index is 720. The van der Waals surface area contributed by atoms with Crippen LogP contribution in [0.2, 0.25) is 0 Å². The average Bonchev–Trinajstić information content (AvgIpc) is 2.94. The number of nitrogens with one attached hydrogen (secondary N) is 2. The van der Waals surface area contributed by atoms with Crippen molar-refractivity contribution >= 4 is 28.6 Å². The highest BCUT2D eigenvalue weighted by Gasteiger charge is 2.20. The lowest BCUT2D eigenvalue weighted by atomic mass is 10.1. The second kappa shape index (κ2) is 6.75. The summed E-state index contributed by atoms with van der Waals surface area (Å²) in [4.78, 5) is 38.0. The smallest absolute Gasteiger partial charge is 0.325 e. The van der Waals surface area contributed by atoms with Crippen LogP contribution in [0, 0.1) is 0 Å². The van der Waals surface area contributed by atoms with E-state index in [1.807, 2.05) is 0 Å². The Hall–Kier alpha value is -2.83. The maximum atomic E-state index is 12.1. The molecule has 2 N–H and O–H groups in total. The number of amides is 1. The van der Waals surface area contributed by atoms with E-state index in [4.69, 9.17) is 4.74 Å². The van der Waals surface area contributed by atoms with Crippen molar-refractivity contribution in [2.24, 2.45) is 0 Å². The van der Waals surface area contributed by atoms with Gasteiger partial charge in [0.1, 0.15) is 12.3 Å². The fourth-order valence-corrected chi connectivity index (χ4v) is 1.99. The van der Waals surface area contributed by atoms with Crippen LogP contribution in [0.3, 0.4) is 0 Å². The molecule has 0 fully saturated rings. The monoisotopic (exact) mass is 304 g/mol. The highest BCUT2D eigenvalue weighted by molar-refractivity contribution is 6.45. The van der Waals surface area contributed by atoms with Crippen LogP contribution in [-0.2, 0) is 14.3 Å². The van der Waals surface area contributed by atoms with Gasteiger partial charge in [0.15, 0.2) is 0 Å². The number of aromatic amines is 1. The van der Waals surface area contributed by atoms with Crippen molar-refractivity contribution in [1.29, 1.82) is 0 Å². The van der Waals surface area contributed by atoms with Gasteiger partial charge < -0.3 is 19.8 Å². The number of methoxy groups -OCH3 is 1. The molecular formula is C15H16N2O5. The van der Waals surface area contributed by atoms with Crippen molar-refractivity contribution < 1.29 is 23.9 Å². The zero-order valence-electron chi connectivity index (χ0n) is 12.3. The van der Waals surface area contributed by atoms with Gasteiger partial charge >= 0.3 is 5.97 Å². The minimum absolute atomic E-state index is 0.215. The number of aromatic nitrogens is 1. The van der Waals surface area contributed by atoms with Gasteiger partial charge in [-0.3, -0.25) is 14.4 Å². The molecule has 0 spiro atoms. The van der Waals surface area contributed by atoms with Gasteiger partial charge in [0.05, 0.1) is 19.3 Å². The second-order valence-electron chi connectivity index (χ2n) is 4.43. The number of carbonyl (C=O) groups is 3. The highest BCUT2D eigenvalue weighted by atomic mass is 16.5. The molecule has 0 aliphatic heterocycles. The first-order chi connectivity index (χ1) is 10.6. The molecule has 0 saturated heterocycles. The van der Waals surface area contributed by atoms with Crippen LogP contribution in [-0.4, -0.2) is 42.9 Å². The summed E-state index contributed by atoms with van der Waals surface area (Å²) in [5.41, 5.74) is 0.917. The third kappa shape index (κ3) is 3.25. The Morgan fingerprint density at radius 3 is 2.73 bits per heavy atom. The normalized spacial score (nSPS) is 10.3. The molecule has 0 unspecified atom stereocenters. The van der Waals surface area contributed by atoms with Crippen LogP contribution < -0.4 is 10.1 Å². The molecule has 0 atom stereocenters. The van der Waals surface area contributed by atoms with E-state index in [0.29, 0.717) is 16.7 Å².